The van der Waals surface area contributed by atoms with E-state index in [0.717, 1.165) is 27.3 Å². The highest BCUT2D eigenvalue weighted by Gasteiger charge is 2.13. The van der Waals surface area contributed by atoms with Crippen molar-refractivity contribution < 1.29 is 4.79 Å². The third kappa shape index (κ3) is 3.59. The largest absolute Gasteiger partial charge is 0.321 e. The van der Waals surface area contributed by atoms with Gasteiger partial charge in [0, 0.05) is 10.6 Å². The van der Waals surface area contributed by atoms with Gasteiger partial charge in [-0.1, -0.05) is 23.8 Å². The molecule has 1 aromatic carbocycles. The normalized spacial score (nSPS) is 11.0. The molecule has 3 nitrogen and oxygen atoms in total. The molecule has 0 atom stereocenters. The molecule has 0 radical (unpaired) electrons. The van der Waals surface area contributed by atoms with Gasteiger partial charge < -0.3 is 5.32 Å². The van der Waals surface area contributed by atoms with E-state index in [9.17, 15) is 10.1 Å². The number of nitriles is 1. The van der Waals surface area contributed by atoms with Crippen LogP contribution in [-0.2, 0) is 4.79 Å². The number of amides is 1. The third-order valence-electron chi connectivity index (χ3n) is 3.11. The van der Waals surface area contributed by atoms with E-state index in [-0.39, 0.29) is 11.5 Å². The van der Waals surface area contributed by atoms with Gasteiger partial charge in [-0.3, -0.25) is 4.79 Å². The molecule has 0 unspecified atom stereocenters. The third-order valence-corrected chi connectivity index (χ3v) is 3.93. The average molecular weight is 296 g/mol. The number of carbonyl (C=O) groups is 1. The van der Waals surface area contributed by atoms with E-state index in [1.165, 1.54) is 11.3 Å². The predicted octanol–water partition coefficient (Wildman–Crippen LogP) is 4.22. The Morgan fingerprint density at radius 2 is 1.95 bits per heavy atom. The van der Waals surface area contributed by atoms with Gasteiger partial charge in [-0.25, -0.2) is 0 Å². The topological polar surface area (TPSA) is 52.9 Å². The van der Waals surface area contributed by atoms with Crippen LogP contribution in [0.4, 0.5) is 5.69 Å². The summed E-state index contributed by atoms with van der Waals surface area (Å²) in [6.45, 7) is 5.91. The van der Waals surface area contributed by atoms with E-state index >= 15 is 0 Å². The molecule has 0 aliphatic rings. The van der Waals surface area contributed by atoms with Gasteiger partial charge >= 0.3 is 0 Å². The zero-order valence-corrected chi connectivity index (χ0v) is 13.0. The number of anilines is 1. The van der Waals surface area contributed by atoms with E-state index in [1.54, 1.807) is 6.08 Å². The summed E-state index contributed by atoms with van der Waals surface area (Å²) in [4.78, 5) is 13.2. The summed E-state index contributed by atoms with van der Waals surface area (Å²) >= 11 is 1.49. The Morgan fingerprint density at radius 3 is 2.48 bits per heavy atom. The van der Waals surface area contributed by atoms with Crippen molar-refractivity contribution in [3.8, 4) is 6.07 Å². The SMILES string of the molecule is Cc1cc(C)c(NC(=O)/C(C#N)=C\c2cccs2)c(C)c1. The molecule has 1 N–H and O–H groups in total. The van der Waals surface area contributed by atoms with Gasteiger partial charge in [-0.2, -0.15) is 5.26 Å². The van der Waals surface area contributed by atoms with Crippen molar-refractivity contribution in [3.05, 3.63) is 56.8 Å². The Bertz CT molecular complexity index is 714. The summed E-state index contributed by atoms with van der Waals surface area (Å²) in [5, 5.41) is 13.9. The number of hydrogen-bond acceptors (Lipinski definition) is 3. The molecular weight excluding hydrogens is 280 g/mol. The Hall–Kier alpha value is -2.38. The minimum absolute atomic E-state index is 0.108. The summed E-state index contributed by atoms with van der Waals surface area (Å²) in [5.41, 5.74) is 4.02. The number of carbonyl (C=O) groups excluding carboxylic acids is 1. The number of aryl methyl sites for hydroxylation is 3. The number of rotatable bonds is 3. The molecule has 0 spiro atoms. The summed E-state index contributed by atoms with van der Waals surface area (Å²) in [5.74, 6) is -0.374. The van der Waals surface area contributed by atoms with Crippen LogP contribution >= 0.6 is 11.3 Å². The lowest BCUT2D eigenvalue weighted by atomic mass is 10.0. The fourth-order valence-corrected chi connectivity index (χ4v) is 2.88. The van der Waals surface area contributed by atoms with Crippen molar-refractivity contribution in [2.24, 2.45) is 0 Å². The predicted molar refractivity (Wildman–Crippen MR) is 87.2 cm³/mol. The maximum absolute atomic E-state index is 12.3. The molecule has 0 aliphatic heterocycles. The zero-order valence-electron chi connectivity index (χ0n) is 12.2. The van der Waals surface area contributed by atoms with E-state index in [2.05, 4.69) is 5.32 Å². The summed E-state index contributed by atoms with van der Waals surface area (Å²) in [6, 6.07) is 9.75. The first-order valence-corrected chi connectivity index (χ1v) is 7.43. The van der Waals surface area contributed by atoms with Gasteiger partial charge in [-0.15, -0.1) is 11.3 Å². The van der Waals surface area contributed by atoms with Crippen LogP contribution in [0.3, 0.4) is 0 Å². The van der Waals surface area contributed by atoms with E-state index in [0.29, 0.717) is 0 Å². The first-order valence-electron chi connectivity index (χ1n) is 6.55. The molecule has 0 saturated carbocycles. The van der Waals surface area contributed by atoms with Crippen molar-refractivity contribution in [1.82, 2.24) is 0 Å². The lowest BCUT2D eigenvalue weighted by molar-refractivity contribution is -0.112. The number of hydrogen-bond donors (Lipinski definition) is 1. The van der Waals surface area contributed by atoms with Crippen molar-refractivity contribution in [3.63, 3.8) is 0 Å². The molecule has 21 heavy (non-hydrogen) atoms. The lowest BCUT2D eigenvalue weighted by Crippen LogP contribution is -2.15. The van der Waals surface area contributed by atoms with Crippen LogP contribution in [0, 0.1) is 32.1 Å². The second kappa shape index (κ2) is 6.38. The Labute approximate surface area is 128 Å². The monoisotopic (exact) mass is 296 g/mol. The molecule has 2 aromatic rings. The number of benzene rings is 1. The average Bonchev–Trinajstić information content (AvgIpc) is 2.92. The summed E-state index contributed by atoms with van der Waals surface area (Å²) < 4.78 is 0. The van der Waals surface area contributed by atoms with Crippen LogP contribution in [0.2, 0.25) is 0 Å². The Morgan fingerprint density at radius 1 is 1.29 bits per heavy atom. The van der Waals surface area contributed by atoms with Crippen molar-refractivity contribution in [2.45, 2.75) is 20.8 Å². The van der Waals surface area contributed by atoms with Crippen molar-refractivity contribution in [1.29, 1.82) is 5.26 Å². The minimum atomic E-state index is -0.374. The smallest absolute Gasteiger partial charge is 0.266 e. The molecule has 0 fully saturated rings. The van der Waals surface area contributed by atoms with Gasteiger partial charge in [0.2, 0.25) is 0 Å². The van der Waals surface area contributed by atoms with Crippen LogP contribution in [0.25, 0.3) is 6.08 Å². The van der Waals surface area contributed by atoms with Gasteiger partial charge in [0.15, 0.2) is 0 Å². The van der Waals surface area contributed by atoms with Crippen molar-refractivity contribution in [2.75, 3.05) is 5.32 Å². The standard InChI is InChI=1S/C17H16N2OS/c1-11-7-12(2)16(13(3)8-11)19-17(20)14(10-18)9-15-5-4-6-21-15/h4-9H,1-3H3,(H,19,20)/b14-9-. The molecule has 1 aromatic heterocycles. The molecule has 0 aliphatic carbocycles. The number of nitrogens with one attached hydrogen (secondary N) is 1. The van der Waals surface area contributed by atoms with Crippen LogP contribution in [0.15, 0.2) is 35.2 Å². The Kier molecular flexibility index (Phi) is 4.56. The number of thiophene rings is 1. The first-order chi connectivity index (χ1) is 10.0. The molecule has 106 valence electrons. The fourth-order valence-electron chi connectivity index (χ4n) is 2.22. The van der Waals surface area contributed by atoms with Crippen LogP contribution in [0.5, 0.6) is 0 Å². The summed E-state index contributed by atoms with van der Waals surface area (Å²) in [7, 11) is 0. The molecule has 2 rings (SSSR count). The number of nitrogens with zero attached hydrogens (tertiary/aromatic N) is 1. The van der Waals surface area contributed by atoms with E-state index in [1.807, 2.05) is 56.5 Å². The molecule has 1 heterocycles. The fraction of sp³-hybridized carbons (Fsp3) is 0.176. The van der Waals surface area contributed by atoms with Gasteiger partial charge in [0.05, 0.1) is 0 Å². The maximum Gasteiger partial charge on any atom is 0.266 e. The first kappa shape index (κ1) is 15.0. The quantitative estimate of drug-likeness (QED) is 0.681. The van der Waals surface area contributed by atoms with Crippen LogP contribution < -0.4 is 5.32 Å². The van der Waals surface area contributed by atoms with Crippen molar-refractivity contribution >= 4 is 29.0 Å². The highest BCUT2D eigenvalue weighted by molar-refractivity contribution is 7.10. The lowest BCUT2D eigenvalue weighted by Gasteiger charge is -2.12. The second-order valence-corrected chi connectivity index (χ2v) is 5.89. The summed E-state index contributed by atoms with van der Waals surface area (Å²) in [6.07, 6.45) is 1.61. The van der Waals surface area contributed by atoms with Gasteiger partial charge in [-0.05, 0) is 49.4 Å². The molecule has 4 heteroatoms. The Balaban J connectivity index is 2.27. The van der Waals surface area contributed by atoms with Crippen LogP contribution in [0.1, 0.15) is 21.6 Å². The zero-order chi connectivity index (χ0) is 15.4. The molecular formula is C17H16N2OS. The second-order valence-electron chi connectivity index (χ2n) is 4.91. The maximum atomic E-state index is 12.3. The highest BCUT2D eigenvalue weighted by Crippen LogP contribution is 2.23. The molecule has 1 amide bonds. The molecule has 0 bridgehead atoms. The van der Waals surface area contributed by atoms with E-state index in [4.69, 9.17) is 0 Å². The van der Waals surface area contributed by atoms with Gasteiger partial charge in [0.25, 0.3) is 5.91 Å². The minimum Gasteiger partial charge on any atom is -0.321 e. The van der Waals surface area contributed by atoms with Crippen LogP contribution in [-0.4, -0.2) is 5.91 Å². The highest BCUT2D eigenvalue weighted by atomic mass is 32.1. The van der Waals surface area contributed by atoms with E-state index < -0.39 is 0 Å². The van der Waals surface area contributed by atoms with Gasteiger partial charge in [0.1, 0.15) is 11.6 Å². The molecule has 0 saturated heterocycles.